The lowest BCUT2D eigenvalue weighted by Gasteiger charge is -2.22. The first-order valence-corrected chi connectivity index (χ1v) is 8.82. The predicted molar refractivity (Wildman–Crippen MR) is 98.3 cm³/mol. The fourth-order valence-corrected chi connectivity index (χ4v) is 3.33. The Morgan fingerprint density at radius 1 is 1.11 bits per heavy atom. The van der Waals surface area contributed by atoms with Gasteiger partial charge in [-0.05, 0) is 24.3 Å². The van der Waals surface area contributed by atoms with Gasteiger partial charge in [0.1, 0.15) is 5.75 Å². The van der Waals surface area contributed by atoms with Gasteiger partial charge in [-0.1, -0.05) is 18.2 Å². The van der Waals surface area contributed by atoms with Gasteiger partial charge in [0.05, 0.1) is 18.2 Å². The molecule has 2 aromatic carbocycles. The number of aliphatic carboxylic acids is 1. The van der Waals surface area contributed by atoms with Gasteiger partial charge in [0.2, 0.25) is 12.7 Å². The molecule has 4 rings (SSSR count). The third kappa shape index (κ3) is 3.36. The number of rotatable bonds is 5. The zero-order valence-electron chi connectivity index (χ0n) is 14.9. The lowest BCUT2D eigenvalue weighted by atomic mass is 9.97. The number of phenolic OH excluding ortho intramolecular Hbond substituents is 1. The quantitative estimate of drug-likeness (QED) is 0.823. The molecule has 0 aliphatic carbocycles. The van der Waals surface area contributed by atoms with Gasteiger partial charge in [0, 0.05) is 24.0 Å². The highest BCUT2D eigenvalue weighted by Crippen LogP contribution is 2.39. The van der Waals surface area contributed by atoms with E-state index in [1.807, 2.05) is 6.07 Å². The average molecular weight is 382 g/mol. The molecule has 1 atom stereocenters. The first kappa shape index (κ1) is 17.8. The van der Waals surface area contributed by atoms with Crippen LogP contribution in [0.2, 0.25) is 0 Å². The normalized spacial score (nSPS) is 17.5. The van der Waals surface area contributed by atoms with Crippen molar-refractivity contribution in [3.63, 3.8) is 0 Å². The zero-order chi connectivity index (χ0) is 19.7. The van der Waals surface area contributed by atoms with Crippen LogP contribution in [0.4, 0.5) is 0 Å². The van der Waals surface area contributed by atoms with Crippen molar-refractivity contribution in [2.24, 2.45) is 5.10 Å². The van der Waals surface area contributed by atoms with Crippen LogP contribution >= 0.6 is 0 Å². The Balaban J connectivity index is 1.66. The van der Waals surface area contributed by atoms with Crippen LogP contribution in [0.1, 0.15) is 36.4 Å². The van der Waals surface area contributed by atoms with Crippen molar-refractivity contribution in [3.8, 4) is 17.2 Å². The number of carbonyl (C=O) groups excluding carboxylic acids is 1. The molecular weight excluding hydrogens is 364 g/mol. The third-order valence-electron chi connectivity index (χ3n) is 4.72. The fourth-order valence-electron chi connectivity index (χ4n) is 3.33. The van der Waals surface area contributed by atoms with E-state index in [4.69, 9.17) is 14.6 Å². The van der Waals surface area contributed by atoms with Gasteiger partial charge in [0.25, 0.3) is 0 Å². The number of para-hydroxylation sites is 1. The number of nitrogens with zero attached hydrogens (tertiary/aromatic N) is 2. The Bertz CT molecular complexity index is 971. The molecule has 2 aromatic rings. The van der Waals surface area contributed by atoms with Crippen molar-refractivity contribution in [2.75, 3.05) is 6.79 Å². The summed E-state index contributed by atoms with van der Waals surface area (Å²) in [5.41, 5.74) is 1.99. The van der Waals surface area contributed by atoms with Crippen molar-refractivity contribution in [1.29, 1.82) is 0 Å². The summed E-state index contributed by atoms with van der Waals surface area (Å²) in [6.07, 6.45) is -0.0644. The number of hydrogen-bond donors (Lipinski definition) is 2. The number of amides is 1. The molecule has 0 fully saturated rings. The Morgan fingerprint density at radius 3 is 2.68 bits per heavy atom. The smallest absolute Gasteiger partial charge is 0.303 e. The topological polar surface area (TPSA) is 109 Å². The highest BCUT2D eigenvalue weighted by Gasteiger charge is 2.34. The molecule has 0 spiro atoms. The van der Waals surface area contributed by atoms with Crippen LogP contribution in [-0.4, -0.2) is 39.6 Å². The van der Waals surface area contributed by atoms with E-state index in [1.54, 1.807) is 36.4 Å². The average Bonchev–Trinajstić information content (AvgIpc) is 3.33. The molecule has 0 saturated carbocycles. The minimum absolute atomic E-state index is 0.0608. The highest BCUT2D eigenvalue weighted by molar-refractivity contribution is 6.03. The molecule has 2 N–H and O–H groups in total. The Kier molecular flexibility index (Phi) is 4.60. The molecule has 2 heterocycles. The molecule has 0 saturated heterocycles. The fraction of sp³-hybridized carbons (Fsp3) is 0.250. The number of carboxylic acids is 1. The maximum atomic E-state index is 12.6. The number of phenols is 1. The third-order valence-corrected chi connectivity index (χ3v) is 4.72. The Morgan fingerprint density at radius 2 is 1.89 bits per heavy atom. The van der Waals surface area contributed by atoms with Crippen LogP contribution in [0.5, 0.6) is 17.2 Å². The number of carbonyl (C=O) groups is 2. The first-order valence-electron chi connectivity index (χ1n) is 8.82. The number of benzene rings is 2. The SMILES string of the molecule is O=C(O)CCC(=O)N1N=C(c2ccc3c(c2)OCO3)C[C@@H]1c1ccccc1O. The zero-order valence-corrected chi connectivity index (χ0v) is 14.9. The summed E-state index contributed by atoms with van der Waals surface area (Å²) in [7, 11) is 0. The van der Waals surface area contributed by atoms with E-state index in [1.165, 1.54) is 5.01 Å². The van der Waals surface area contributed by atoms with E-state index in [-0.39, 0.29) is 25.4 Å². The van der Waals surface area contributed by atoms with Crippen molar-refractivity contribution in [3.05, 3.63) is 53.6 Å². The van der Waals surface area contributed by atoms with Gasteiger partial charge >= 0.3 is 5.97 Å². The van der Waals surface area contributed by atoms with Crippen LogP contribution in [0, 0.1) is 0 Å². The molecule has 8 heteroatoms. The summed E-state index contributed by atoms with van der Waals surface area (Å²) in [4.78, 5) is 23.5. The van der Waals surface area contributed by atoms with E-state index in [2.05, 4.69) is 5.10 Å². The number of ether oxygens (including phenoxy) is 2. The van der Waals surface area contributed by atoms with Crippen molar-refractivity contribution in [1.82, 2.24) is 5.01 Å². The molecule has 0 bridgehead atoms. The molecule has 0 radical (unpaired) electrons. The van der Waals surface area contributed by atoms with Gasteiger partial charge in [-0.2, -0.15) is 5.10 Å². The predicted octanol–water partition coefficient (Wildman–Crippen LogP) is 2.66. The molecule has 2 aliphatic rings. The highest BCUT2D eigenvalue weighted by atomic mass is 16.7. The second kappa shape index (κ2) is 7.22. The molecule has 144 valence electrons. The minimum Gasteiger partial charge on any atom is -0.508 e. The van der Waals surface area contributed by atoms with Crippen LogP contribution < -0.4 is 9.47 Å². The number of carboxylic acid groups (broad SMARTS) is 1. The van der Waals surface area contributed by atoms with E-state index >= 15 is 0 Å². The van der Waals surface area contributed by atoms with E-state index in [0.717, 1.165) is 5.56 Å². The van der Waals surface area contributed by atoms with Crippen LogP contribution in [0.3, 0.4) is 0 Å². The van der Waals surface area contributed by atoms with Gasteiger partial charge < -0.3 is 19.7 Å². The number of fused-ring (bicyclic) bond motifs is 1. The molecule has 1 amide bonds. The van der Waals surface area contributed by atoms with Gasteiger partial charge in [-0.25, -0.2) is 5.01 Å². The van der Waals surface area contributed by atoms with Crippen molar-refractivity contribution in [2.45, 2.75) is 25.3 Å². The summed E-state index contributed by atoms with van der Waals surface area (Å²) < 4.78 is 10.7. The van der Waals surface area contributed by atoms with E-state index in [0.29, 0.717) is 29.2 Å². The second-order valence-electron chi connectivity index (χ2n) is 6.53. The minimum atomic E-state index is -1.05. The molecule has 0 aromatic heterocycles. The van der Waals surface area contributed by atoms with Crippen molar-refractivity contribution >= 4 is 17.6 Å². The van der Waals surface area contributed by atoms with Crippen LogP contribution in [0.15, 0.2) is 47.6 Å². The second-order valence-corrected chi connectivity index (χ2v) is 6.53. The molecule has 28 heavy (non-hydrogen) atoms. The number of hydrazone groups is 1. The van der Waals surface area contributed by atoms with Crippen LogP contribution in [0.25, 0.3) is 0 Å². The summed E-state index contributed by atoms with van der Waals surface area (Å²) >= 11 is 0. The Hall–Kier alpha value is -3.55. The van der Waals surface area contributed by atoms with Crippen molar-refractivity contribution < 1.29 is 29.3 Å². The summed E-state index contributed by atoms with van der Waals surface area (Å²) in [5.74, 6) is -0.146. The monoisotopic (exact) mass is 382 g/mol. The molecule has 0 unspecified atom stereocenters. The van der Waals surface area contributed by atoms with Gasteiger partial charge in [-0.15, -0.1) is 0 Å². The Labute approximate surface area is 160 Å². The van der Waals surface area contributed by atoms with E-state index in [9.17, 15) is 14.7 Å². The number of hydrogen-bond acceptors (Lipinski definition) is 6. The standard InChI is InChI=1S/C20H18N2O6/c23-16-4-2-1-3-13(16)15-10-14(21-22(15)19(24)7-8-20(25)26)12-5-6-17-18(9-12)28-11-27-17/h1-6,9,15,23H,7-8,10-11H2,(H,25,26)/t15-/m1/s1. The lowest BCUT2D eigenvalue weighted by molar-refractivity contribution is -0.141. The number of aromatic hydroxyl groups is 1. The van der Waals surface area contributed by atoms with E-state index < -0.39 is 17.9 Å². The summed E-state index contributed by atoms with van der Waals surface area (Å²) in [6, 6.07) is 11.7. The largest absolute Gasteiger partial charge is 0.508 e. The first-order chi connectivity index (χ1) is 13.5. The van der Waals surface area contributed by atoms with Gasteiger partial charge in [-0.3, -0.25) is 9.59 Å². The molecular formula is C20H18N2O6. The van der Waals surface area contributed by atoms with Crippen LogP contribution in [-0.2, 0) is 9.59 Å². The maximum absolute atomic E-state index is 12.6. The summed E-state index contributed by atoms with van der Waals surface area (Å²) in [5, 5.41) is 24.9. The summed E-state index contributed by atoms with van der Waals surface area (Å²) in [6.45, 7) is 0.158. The maximum Gasteiger partial charge on any atom is 0.303 e. The van der Waals surface area contributed by atoms with Gasteiger partial charge in [0.15, 0.2) is 11.5 Å². The lowest BCUT2D eigenvalue weighted by Crippen LogP contribution is -2.27. The molecule has 2 aliphatic heterocycles. The molecule has 8 nitrogen and oxygen atoms in total.